The zero-order valence-electron chi connectivity index (χ0n) is 21.4. The lowest BCUT2D eigenvalue weighted by Gasteiger charge is -2.27. The van der Waals surface area contributed by atoms with Crippen LogP contribution in [0.5, 0.6) is 0 Å². The lowest BCUT2D eigenvalue weighted by atomic mass is 10.1. The van der Waals surface area contributed by atoms with E-state index in [1.165, 1.54) is 0 Å². The molecule has 0 saturated carbocycles. The maximum atomic E-state index is 11.1. The van der Waals surface area contributed by atoms with Crippen LogP contribution in [0.4, 0.5) is 5.95 Å². The van der Waals surface area contributed by atoms with Gasteiger partial charge in [0.25, 0.3) is 0 Å². The fourth-order valence-corrected chi connectivity index (χ4v) is 4.35. The number of fused-ring (bicyclic) bond motifs is 1. The largest absolute Gasteiger partial charge is 0.389 e. The van der Waals surface area contributed by atoms with Gasteiger partial charge in [-0.3, -0.25) is 4.79 Å². The molecule has 0 atom stereocenters. The van der Waals surface area contributed by atoms with E-state index in [-0.39, 0.29) is 18.4 Å². The molecule has 0 amide bonds. The second-order valence-corrected chi connectivity index (χ2v) is 9.50. The molecule has 9 heteroatoms. The number of aliphatic hydroxyl groups is 1. The van der Waals surface area contributed by atoms with Crippen LogP contribution in [0.2, 0.25) is 0 Å². The SMILES string of the molecule is CC(C)n1cnc2c(-c3cccc(COCCCCCCC(=O)CO)c3)nc(N3CCOCC3)nc21. The first-order valence-corrected chi connectivity index (χ1v) is 12.9. The lowest BCUT2D eigenvalue weighted by molar-refractivity contribution is -0.121. The van der Waals surface area contributed by atoms with E-state index in [1.54, 1.807) is 0 Å². The molecule has 1 aliphatic rings. The molecular weight excluding hydrogens is 458 g/mol. The molecule has 0 unspecified atom stereocenters. The van der Waals surface area contributed by atoms with Gasteiger partial charge in [0.1, 0.15) is 17.8 Å². The van der Waals surface area contributed by atoms with Crippen molar-refractivity contribution in [2.75, 3.05) is 44.4 Å². The fraction of sp³-hybridized carbons (Fsp3) is 0.556. The Bertz CT molecular complexity index is 1140. The van der Waals surface area contributed by atoms with Crippen molar-refractivity contribution < 1.29 is 19.4 Å². The number of benzene rings is 1. The third-order valence-corrected chi connectivity index (χ3v) is 6.40. The molecule has 36 heavy (non-hydrogen) atoms. The highest BCUT2D eigenvalue weighted by atomic mass is 16.5. The van der Waals surface area contributed by atoms with Crippen molar-refractivity contribution in [1.29, 1.82) is 0 Å². The van der Waals surface area contributed by atoms with Crippen LogP contribution in [-0.4, -0.2) is 69.9 Å². The number of ether oxygens (including phenoxy) is 2. The number of anilines is 1. The summed E-state index contributed by atoms with van der Waals surface area (Å²) in [6.07, 6.45) is 6.08. The normalized spacial score (nSPS) is 14.2. The molecule has 2 aromatic heterocycles. The summed E-state index contributed by atoms with van der Waals surface area (Å²) >= 11 is 0. The molecule has 4 rings (SSSR count). The topological polar surface area (TPSA) is 103 Å². The van der Waals surface area contributed by atoms with Crippen LogP contribution in [0.15, 0.2) is 30.6 Å². The molecule has 0 spiro atoms. The number of hydrogen-bond donors (Lipinski definition) is 1. The van der Waals surface area contributed by atoms with Crippen LogP contribution in [0.1, 0.15) is 57.6 Å². The summed E-state index contributed by atoms with van der Waals surface area (Å²) < 4.78 is 13.5. The summed E-state index contributed by atoms with van der Waals surface area (Å²) in [7, 11) is 0. The molecule has 9 nitrogen and oxygen atoms in total. The van der Waals surface area contributed by atoms with Crippen molar-refractivity contribution in [2.45, 2.75) is 58.6 Å². The van der Waals surface area contributed by atoms with Crippen molar-refractivity contribution in [3.05, 3.63) is 36.2 Å². The first-order valence-electron chi connectivity index (χ1n) is 12.9. The van der Waals surface area contributed by atoms with Crippen molar-refractivity contribution in [3.8, 4) is 11.3 Å². The average Bonchev–Trinajstić information content (AvgIpc) is 3.34. The van der Waals surface area contributed by atoms with Crippen molar-refractivity contribution >= 4 is 22.9 Å². The first kappa shape index (κ1) is 26.2. The Morgan fingerprint density at radius 1 is 1.14 bits per heavy atom. The lowest BCUT2D eigenvalue weighted by Crippen LogP contribution is -2.37. The highest BCUT2D eigenvalue weighted by molar-refractivity contribution is 5.88. The molecule has 0 aliphatic carbocycles. The summed E-state index contributed by atoms with van der Waals surface area (Å²) in [5, 5.41) is 8.77. The number of imidazole rings is 1. The van der Waals surface area contributed by atoms with Gasteiger partial charge in [-0.25, -0.2) is 9.97 Å². The van der Waals surface area contributed by atoms with Gasteiger partial charge in [0.05, 0.1) is 26.1 Å². The second-order valence-electron chi connectivity index (χ2n) is 9.50. The number of carbonyl (C=O) groups is 1. The van der Waals surface area contributed by atoms with Gasteiger partial charge in [-0.15, -0.1) is 0 Å². The van der Waals surface area contributed by atoms with Crippen LogP contribution in [0.25, 0.3) is 22.4 Å². The Labute approximate surface area is 212 Å². The molecule has 194 valence electrons. The maximum Gasteiger partial charge on any atom is 0.228 e. The molecule has 1 saturated heterocycles. The Hall–Kier alpha value is -2.88. The second kappa shape index (κ2) is 12.9. The van der Waals surface area contributed by atoms with E-state index in [2.05, 4.69) is 46.5 Å². The molecule has 3 heterocycles. The number of aromatic nitrogens is 4. The van der Waals surface area contributed by atoms with E-state index < -0.39 is 0 Å². The number of ketones is 1. The van der Waals surface area contributed by atoms with E-state index >= 15 is 0 Å². The van der Waals surface area contributed by atoms with Gasteiger partial charge in [-0.05, 0) is 38.3 Å². The number of rotatable bonds is 13. The van der Waals surface area contributed by atoms with E-state index in [9.17, 15) is 4.79 Å². The molecule has 1 aliphatic heterocycles. The first-order chi connectivity index (χ1) is 17.6. The molecule has 3 aromatic rings. The van der Waals surface area contributed by atoms with Gasteiger partial charge in [0.15, 0.2) is 11.4 Å². The van der Waals surface area contributed by atoms with Gasteiger partial charge in [0.2, 0.25) is 5.95 Å². The fourth-order valence-electron chi connectivity index (χ4n) is 4.35. The number of unbranched alkanes of at least 4 members (excludes halogenated alkanes) is 3. The van der Waals surface area contributed by atoms with E-state index in [0.717, 1.165) is 66.8 Å². The van der Waals surface area contributed by atoms with Crippen LogP contribution >= 0.6 is 0 Å². The van der Waals surface area contributed by atoms with Crippen LogP contribution in [0, 0.1) is 0 Å². The van der Waals surface area contributed by atoms with Gasteiger partial charge in [-0.1, -0.05) is 31.0 Å². The summed E-state index contributed by atoms with van der Waals surface area (Å²) in [4.78, 5) is 27.9. The Morgan fingerprint density at radius 3 is 2.72 bits per heavy atom. The average molecular weight is 496 g/mol. The molecule has 1 N–H and O–H groups in total. The standard InChI is InChI=1S/C27H37N5O4/c1-20(2)32-19-28-25-24(29-27(30-26(25)32)31-11-14-35-15-12-31)22-9-7-8-21(16-22)18-36-13-6-4-3-5-10-23(34)17-33/h7-9,16,19-20,33H,3-6,10-15,17-18H2,1-2H3. The van der Waals surface area contributed by atoms with Gasteiger partial charge < -0.3 is 24.0 Å². The van der Waals surface area contributed by atoms with Crippen molar-refractivity contribution in [3.63, 3.8) is 0 Å². The predicted molar refractivity (Wildman–Crippen MR) is 139 cm³/mol. The summed E-state index contributed by atoms with van der Waals surface area (Å²) in [5.41, 5.74) is 4.57. The van der Waals surface area contributed by atoms with E-state index in [1.807, 2.05) is 12.4 Å². The van der Waals surface area contributed by atoms with Gasteiger partial charge >= 0.3 is 0 Å². The molecule has 0 bridgehead atoms. The van der Waals surface area contributed by atoms with Crippen LogP contribution in [-0.2, 0) is 20.9 Å². The molecular formula is C27H37N5O4. The van der Waals surface area contributed by atoms with Crippen molar-refractivity contribution in [2.24, 2.45) is 0 Å². The Balaban J connectivity index is 1.44. The molecule has 0 radical (unpaired) electrons. The number of hydrogen-bond acceptors (Lipinski definition) is 8. The monoisotopic (exact) mass is 495 g/mol. The van der Waals surface area contributed by atoms with Gasteiger partial charge in [-0.2, -0.15) is 4.98 Å². The Kier molecular flexibility index (Phi) is 9.38. The third kappa shape index (κ3) is 6.66. The predicted octanol–water partition coefficient (Wildman–Crippen LogP) is 3.94. The zero-order chi connectivity index (χ0) is 25.3. The highest BCUT2D eigenvalue weighted by Crippen LogP contribution is 2.29. The Morgan fingerprint density at radius 2 is 1.94 bits per heavy atom. The summed E-state index contributed by atoms with van der Waals surface area (Å²) in [6.45, 7) is 8.00. The number of aliphatic hydroxyl groups excluding tert-OH is 1. The molecule has 1 fully saturated rings. The van der Waals surface area contributed by atoms with E-state index in [0.29, 0.717) is 38.8 Å². The number of carbonyl (C=O) groups excluding carboxylic acids is 1. The minimum Gasteiger partial charge on any atom is -0.389 e. The molecule has 1 aromatic carbocycles. The van der Waals surface area contributed by atoms with Crippen LogP contribution in [0.3, 0.4) is 0 Å². The quantitative estimate of drug-likeness (QED) is 0.356. The van der Waals surface area contributed by atoms with Crippen LogP contribution < -0.4 is 4.90 Å². The number of Topliss-reactive ketones (excluding diaryl/α,β-unsaturated/α-hetero) is 1. The van der Waals surface area contributed by atoms with Crippen molar-refractivity contribution in [1.82, 2.24) is 19.5 Å². The number of nitrogens with zero attached hydrogens (tertiary/aromatic N) is 5. The summed E-state index contributed by atoms with van der Waals surface area (Å²) in [6, 6.07) is 8.53. The maximum absolute atomic E-state index is 11.1. The minimum absolute atomic E-state index is 0.0832. The smallest absolute Gasteiger partial charge is 0.228 e. The van der Waals surface area contributed by atoms with E-state index in [4.69, 9.17) is 24.5 Å². The zero-order valence-corrected chi connectivity index (χ0v) is 21.4. The minimum atomic E-state index is -0.350. The third-order valence-electron chi connectivity index (χ3n) is 6.40. The highest BCUT2D eigenvalue weighted by Gasteiger charge is 2.21. The van der Waals surface area contributed by atoms with Gasteiger partial charge in [0, 0.05) is 37.7 Å². The summed E-state index contributed by atoms with van der Waals surface area (Å²) in [5.74, 6) is 0.630. The number of morpholine rings is 1.